The second-order valence-corrected chi connectivity index (χ2v) is 4.96. The summed E-state index contributed by atoms with van der Waals surface area (Å²) in [6, 6.07) is 0. The van der Waals surface area contributed by atoms with Gasteiger partial charge in [-0.05, 0) is 12.0 Å². The van der Waals surface area contributed by atoms with Crippen LogP contribution in [0.5, 0.6) is 0 Å². The molecule has 5 N–H and O–H groups in total. The first-order valence-electron chi connectivity index (χ1n) is 6.81. The zero-order valence-corrected chi connectivity index (χ0v) is 12.0. The second-order valence-electron chi connectivity index (χ2n) is 4.96. The van der Waals surface area contributed by atoms with Gasteiger partial charge in [0.15, 0.2) is 17.7 Å². The van der Waals surface area contributed by atoms with Gasteiger partial charge in [0.25, 0.3) is 0 Å². The second kappa shape index (κ2) is 5.94. The largest absolute Gasteiger partial charge is 0.394 e. The fraction of sp³-hybridized carbons (Fsp3) is 0.357. The minimum atomic E-state index is -1.25. The van der Waals surface area contributed by atoms with Gasteiger partial charge in [-0.1, -0.05) is 12.5 Å². The van der Waals surface area contributed by atoms with Gasteiger partial charge in [-0.3, -0.25) is 4.57 Å². The summed E-state index contributed by atoms with van der Waals surface area (Å²) in [5.41, 5.74) is 6.47. The molecule has 0 bridgehead atoms. The Morgan fingerprint density at radius 3 is 2.83 bits per heavy atom. The number of aromatic nitrogens is 4. The summed E-state index contributed by atoms with van der Waals surface area (Å²) in [4.78, 5) is 12.4. The standard InChI is InChI=1S/C14H15N5O4/c1-2-3-4-8-17-12(15)9-13(18-8)19(6-16-9)14-11(22)10(21)7(5-20)23-14/h2,6-7,10-11,14,20-22H,1,5H2,(H2,15,17,18)/t7-,10-,11-,14-/m1/s1. The first kappa shape index (κ1) is 15.4. The predicted octanol–water partition coefficient (Wildman–Crippen LogP) is -1.44. The van der Waals surface area contributed by atoms with Crippen LogP contribution in [-0.2, 0) is 4.74 Å². The van der Waals surface area contributed by atoms with Crippen LogP contribution in [0.25, 0.3) is 11.2 Å². The molecule has 0 unspecified atom stereocenters. The fourth-order valence-electron chi connectivity index (χ4n) is 2.41. The summed E-state index contributed by atoms with van der Waals surface area (Å²) in [5.74, 6) is 5.59. The Kier molecular flexibility index (Phi) is 3.97. The number of ether oxygens (including phenoxy) is 1. The van der Waals surface area contributed by atoms with Gasteiger partial charge in [0.1, 0.15) is 23.8 Å². The van der Waals surface area contributed by atoms with Crippen molar-refractivity contribution in [2.75, 3.05) is 12.3 Å². The van der Waals surface area contributed by atoms with Crippen molar-refractivity contribution < 1.29 is 20.1 Å². The SMILES string of the molecule is C=CC#Cc1nc(N)c2ncn([C@@H]3O[C@H](CO)[C@@H](O)[C@H]3O)c2n1. The Labute approximate surface area is 131 Å². The summed E-state index contributed by atoms with van der Waals surface area (Å²) >= 11 is 0. The van der Waals surface area contributed by atoms with E-state index in [1.165, 1.54) is 17.0 Å². The highest BCUT2D eigenvalue weighted by Gasteiger charge is 2.44. The lowest BCUT2D eigenvalue weighted by atomic mass is 10.1. The van der Waals surface area contributed by atoms with E-state index in [2.05, 4.69) is 33.4 Å². The van der Waals surface area contributed by atoms with Crippen LogP contribution in [0.15, 0.2) is 19.0 Å². The Morgan fingerprint density at radius 2 is 2.17 bits per heavy atom. The maximum absolute atomic E-state index is 10.1. The summed E-state index contributed by atoms with van der Waals surface area (Å²) in [6.45, 7) is 3.06. The molecular weight excluding hydrogens is 302 g/mol. The molecule has 0 amide bonds. The molecule has 1 aliphatic rings. The van der Waals surface area contributed by atoms with E-state index in [4.69, 9.17) is 10.5 Å². The number of anilines is 1. The molecule has 0 radical (unpaired) electrons. The van der Waals surface area contributed by atoms with E-state index in [1.807, 2.05) is 0 Å². The van der Waals surface area contributed by atoms with Crippen LogP contribution >= 0.6 is 0 Å². The van der Waals surface area contributed by atoms with E-state index in [1.54, 1.807) is 0 Å². The number of nitrogens with zero attached hydrogens (tertiary/aromatic N) is 4. The third kappa shape index (κ3) is 2.54. The molecule has 2 aromatic heterocycles. The number of hydrogen-bond acceptors (Lipinski definition) is 8. The maximum atomic E-state index is 10.1. The molecule has 23 heavy (non-hydrogen) atoms. The number of aliphatic hydroxyl groups excluding tert-OH is 3. The lowest BCUT2D eigenvalue weighted by Gasteiger charge is -2.16. The summed E-state index contributed by atoms with van der Waals surface area (Å²) in [6.07, 6.45) is -1.55. The van der Waals surface area contributed by atoms with Gasteiger partial charge in [0.2, 0.25) is 5.82 Å². The van der Waals surface area contributed by atoms with E-state index in [0.717, 1.165) is 0 Å². The number of fused-ring (bicyclic) bond motifs is 1. The average molecular weight is 317 g/mol. The summed E-state index contributed by atoms with van der Waals surface area (Å²) < 4.78 is 6.89. The normalized spacial score (nSPS) is 26.9. The highest BCUT2D eigenvalue weighted by Crippen LogP contribution is 2.31. The molecule has 0 spiro atoms. The van der Waals surface area contributed by atoms with Crippen LogP contribution in [0.2, 0.25) is 0 Å². The van der Waals surface area contributed by atoms with Gasteiger partial charge >= 0.3 is 0 Å². The third-order valence-corrected chi connectivity index (χ3v) is 3.53. The molecule has 1 aliphatic heterocycles. The van der Waals surface area contributed by atoms with Crippen molar-refractivity contribution in [2.45, 2.75) is 24.5 Å². The smallest absolute Gasteiger partial charge is 0.209 e. The minimum absolute atomic E-state index is 0.133. The Hall–Kier alpha value is -2.51. The first-order chi connectivity index (χ1) is 11.1. The molecule has 9 heteroatoms. The number of aliphatic hydroxyl groups is 3. The van der Waals surface area contributed by atoms with E-state index in [-0.39, 0.29) is 11.6 Å². The van der Waals surface area contributed by atoms with Gasteiger partial charge in [-0.2, -0.15) is 0 Å². The topological polar surface area (TPSA) is 140 Å². The van der Waals surface area contributed by atoms with Crippen molar-refractivity contribution >= 4 is 17.0 Å². The van der Waals surface area contributed by atoms with Crippen molar-refractivity contribution in [3.05, 3.63) is 24.8 Å². The lowest BCUT2D eigenvalue weighted by molar-refractivity contribution is -0.0511. The summed E-state index contributed by atoms with van der Waals surface area (Å²) in [7, 11) is 0. The number of nitrogen functional groups attached to an aromatic ring is 1. The highest BCUT2D eigenvalue weighted by molar-refractivity contribution is 5.82. The quantitative estimate of drug-likeness (QED) is 0.494. The van der Waals surface area contributed by atoms with Gasteiger partial charge < -0.3 is 25.8 Å². The molecule has 4 atom stereocenters. The molecular formula is C14H15N5O4. The molecule has 3 heterocycles. The fourth-order valence-corrected chi connectivity index (χ4v) is 2.41. The third-order valence-electron chi connectivity index (χ3n) is 3.53. The van der Waals surface area contributed by atoms with Crippen LogP contribution in [0, 0.1) is 11.8 Å². The van der Waals surface area contributed by atoms with Gasteiger partial charge in [-0.15, -0.1) is 0 Å². The molecule has 9 nitrogen and oxygen atoms in total. The Morgan fingerprint density at radius 1 is 1.39 bits per heavy atom. The zero-order chi connectivity index (χ0) is 16.6. The molecule has 120 valence electrons. The van der Waals surface area contributed by atoms with Crippen molar-refractivity contribution in [1.29, 1.82) is 0 Å². The van der Waals surface area contributed by atoms with E-state index >= 15 is 0 Å². The van der Waals surface area contributed by atoms with Crippen LogP contribution in [0.4, 0.5) is 5.82 Å². The van der Waals surface area contributed by atoms with E-state index < -0.39 is 31.1 Å². The molecule has 2 aromatic rings. The summed E-state index contributed by atoms with van der Waals surface area (Å²) in [5, 5.41) is 29.2. The van der Waals surface area contributed by atoms with Crippen molar-refractivity contribution in [1.82, 2.24) is 19.5 Å². The number of imidazole rings is 1. The number of hydrogen-bond donors (Lipinski definition) is 4. The van der Waals surface area contributed by atoms with Crippen LogP contribution in [-0.4, -0.2) is 59.8 Å². The number of rotatable bonds is 2. The number of allylic oxidation sites excluding steroid dienone is 1. The van der Waals surface area contributed by atoms with Gasteiger partial charge in [-0.25, -0.2) is 15.0 Å². The monoisotopic (exact) mass is 317 g/mol. The van der Waals surface area contributed by atoms with Crippen LogP contribution < -0.4 is 5.73 Å². The average Bonchev–Trinajstić information content (AvgIpc) is 3.08. The van der Waals surface area contributed by atoms with Gasteiger partial charge in [0, 0.05) is 0 Å². The van der Waals surface area contributed by atoms with Gasteiger partial charge in [0.05, 0.1) is 12.9 Å². The lowest BCUT2D eigenvalue weighted by Crippen LogP contribution is -2.33. The number of nitrogens with two attached hydrogens (primary N) is 1. The van der Waals surface area contributed by atoms with Crippen molar-refractivity contribution in [3.63, 3.8) is 0 Å². The molecule has 3 rings (SSSR count). The Balaban J connectivity index is 2.08. The van der Waals surface area contributed by atoms with Crippen molar-refractivity contribution in [3.8, 4) is 11.8 Å². The molecule has 0 aliphatic carbocycles. The van der Waals surface area contributed by atoms with Crippen LogP contribution in [0.1, 0.15) is 12.1 Å². The molecule has 1 saturated heterocycles. The molecule has 1 fully saturated rings. The Bertz CT molecular complexity index is 809. The predicted molar refractivity (Wildman–Crippen MR) is 79.8 cm³/mol. The first-order valence-corrected chi connectivity index (χ1v) is 6.81. The zero-order valence-electron chi connectivity index (χ0n) is 12.0. The molecule has 0 aromatic carbocycles. The van der Waals surface area contributed by atoms with E-state index in [9.17, 15) is 15.3 Å². The van der Waals surface area contributed by atoms with Crippen LogP contribution in [0.3, 0.4) is 0 Å². The van der Waals surface area contributed by atoms with Crippen molar-refractivity contribution in [2.24, 2.45) is 0 Å². The minimum Gasteiger partial charge on any atom is -0.394 e. The molecule has 0 saturated carbocycles. The van der Waals surface area contributed by atoms with E-state index in [0.29, 0.717) is 11.2 Å². The maximum Gasteiger partial charge on any atom is 0.209 e. The highest BCUT2D eigenvalue weighted by atomic mass is 16.6.